The van der Waals surface area contributed by atoms with Crippen molar-refractivity contribution in [2.45, 2.75) is 58.2 Å². The molecule has 108 valence electrons. The van der Waals surface area contributed by atoms with Gasteiger partial charge in [0.25, 0.3) is 0 Å². The van der Waals surface area contributed by atoms with E-state index in [1.54, 1.807) is 0 Å². The lowest BCUT2D eigenvalue weighted by Gasteiger charge is -2.36. The van der Waals surface area contributed by atoms with Crippen LogP contribution in [-0.4, -0.2) is 12.6 Å². The number of ether oxygens (including phenoxy) is 2. The van der Waals surface area contributed by atoms with Crippen LogP contribution in [-0.2, 0) is 20.7 Å². The lowest BCUT2D eigenvalue weighted by molar-refractivity contribution is -0.157. The van der Waals surface area contributed by atoms with Crippen LogP contribution < -0.4 is 0 Å². The molecule has 0 radical (unpaired) electrons. The molecule has 2 aliphatic heterocycles. The average molecular weight is 274 g/mol. The summed E-state index contributed by atoms with van der Waals surface area (Å²) in [6.07, 6.45) is 5.10. The first-order valence-corrected chi connectivity index (χ1v) is 7.63. The molecule has 1 aromatic carbocycles. The van der Waals surface area contributed by atoms with Crippen LogP contribution in [0.4, 0.5) is 0 Å². The molecule has 0 aromatic heterocycles. The number of esters is 1. The highest BCUT2D eigenvalue weighted by atomic mass is 16.6. The quantitative estimate of drug-likeness (QED) is 0.619. The molecule has 3 nitrogen and oxygen atoms in total. The predicted octanol–water partition coefficient (Wildman–Crippen LogP) is 3.79. The summed E-state index contributed by atoms with van der Waals surface area (Å²) in [6.45, 7) is 4.81. The number of carbonyl (C=O) groups is 1. The molecule has 0 bridgehead atoms. The van der Waals surface area contributed by atoms with Gasteiger partial charge in [0.15, 0.2) is 6.10 Å². The third kappa shape index (κ3) is 2.47. The Kier molecular flexibility index (Phi) is 3.79. The molecule has 0 fully saturated rings. The summed E-state index contributed by atoms with van der Waals surface area (Å²) in [5.74, 6) is -0.132. The van der Waals surface area contributed by atoms with Crippen LogP contribution in [0.3, 0.4) is 0 Å². The highest BCUT2D eigenvalue weighted by Gasteiger charge is 2.35. The number of aryl methyl sites for hydroxylation is 1. The van der Waals surface area contributed by atoms with Crippen LogP contribution in [0.5, 0.6) is 0 Å². The number of carbonyl (C=O) groups excluding carboxylic acids is 1. The second-order valence-corrected chi connectivity index (χ2v) is 5.90. The van der Waals surface area contributed by atoms with E-state index in [9.17, 15) is 4.79 Å². The third-order valence-electron chi connectivity index (χ3n) is 4.24. The maximum Gasteiger partial charge on any atom is 0.310 e. The smallest absolute Gasteiger partial charge is 0.310 e. The van der Waals surface area contributed by atoms with Gasteiger partial charge in [-0.25, -0.2) is 0 Å². The van der Waals surface area contributed by atoms with Gasteiger partial charge in [-0.05, 0) is 24.5 Å². The first-order valence-electron chi connectivity index (χ1n) is 7.63. The monoisotopic (exact) mass is 274 g/mol. The van der Waals surface area contributed by atoms with Crippen molar-refractivity contribution in [1.29, 1.82) is 0 Å². The summed E-state index contributed by atoms with van der Waals surface area (Å²) in [7, 11) is 0. The maximum absolute atomic E-state index is 11.7. The fourth-order valence-electron chi connectivity index (χ4n) is 3.35. The van der Waals surface area contributed by atoms with Crippen molar-refractivity contribution in [2.24, 2.45) is 0 Å². The highest BCUT2D eigenvalue weighted by molar-refractivity contribution is 5.76. The topological polar surface area (TPSA) is 35.5 Å². The van der Waals surface area contributed by atoms with Crippen molar-refractivity contribution < 1.29 is 14.3 Å². The second kappa shape index (κ2) is 5.57. The lowest BCUT2D eigenvalue weighted by Crippen LogP contribution is -2.31. The van der Waals surface area contributed by atoms with Gasteiger partial charge in [-0.15, -0.1) is 0 Å². The molecule has 20 heavy (non-hydrogen) atoms. The normalized spacial score (nSPS) is 24.2. The number of unbranched alkanes of at least 4 members (excludes halogenated alkanes) is 2. The lowest BCUT2D eigenvalue weighted by atomic mass is 9.85. The van der Waals surface area contributed by atoms with Crippen LogP contribution in [0.2, 0.25) is 0 Å². The van der Waals surface area contributed by atoms with Gasteiger partial charge in [0, 0.05) is 5.56 Å². The maximum atomic E-state index is 11.7. The van der Waals surface area contributed by atoms with Crippen molar-refractivity contribution >= 4 is 5.97 Å². The van der Waals surface area contributed by atoms with E-state index in [-0.39, 0.29) is 18.2 Å². The molecule has 0 saturated heterocycles. The van der Waals surface area contributed by atoms with E-state index in [4.69, 9.17) is 9.47 Å². The molecule has 0 spiro atoms. The molecular formula is C17H22O3. The second-order valence-electron chi connectivity index (χ2n) is 5.90. The van der Waals surface area contributed by atoms with Gasteiger partial charge in [0.1, 0.15) is 0 Å². The molecule has 3 rings (SSSR count). The Balaban J connectivity index is 1.93. The molecule has 2 aliphatic rings. The Hall–Kier alpha value is -1.35. The standard InChI is InChI=1S/C17H22O3/c1-3-4-5-6-14-13-8-11(2)7-12-9-16(18)20-15(10-19-14)17(12)13/h7-8,14-15H,3-6,9-10H2,1-2H3. The zero-order valence-corrected chi connectivity index (χ0v) is 12.3. The summed E-state index contributed by atoms with van der Waals surface area (Å²) < 4.78 is 11.4. The van der Waals surface area contributed by atoms with Gasteiger partial charge in [-0.1, -0.05) is 43.9 Å². The van der Waals surface area contributed by atoms with Gasteiger partial charge in [0.2, 0.25) is 0 Å². The van der Waals surface area contributed by atoms with Gasteiger partial charge >= 0.3 is 5.97 Å². The SMILES string of the molecule is CCCCCC1OCC2OC(=O)Cc3cc(C)cc1c32. The van der Waals surface area contributed by atoms with Gasteiger partial charge in [0.05, 0.1) is 19.1 Å². The number of hydrogen-bond donors (Lipinski definition) is 0. The fraction of sp³-hybridized carbons (Fsp3) is 0.588. The van der Waals surface area contributed by atoms with E-state index in [2.05, 4.69) is 26.0 Å². The first-order chi connectivity index (χ1) is 9.69. The summed E-state index contributed by atoms with van der Waals surface area (Å²) in [5, 5.41) is 0. The third-order valence-corrected chi connectivity index (χ3v) is 4.24. The predicted molar refractivity (Wildman–Crippen MR) is 76.6 cm³/mol. The molecular weight excluding hydrogens is 252 g/mol. The Labute approximate surface area is 120 Å². The minimum absolute atomic E-state index is 0.132. The minimum atomic E-state index is -0.190. The molecule has 0 saturated carbocycles. The molecule has 2 heterocycles. The van der Waals surface area contributed by atoms with Crippen LogP contribution >= 0.6 is 0 Å². The van der Waals surface area contributed by atoms with Crippen LogP contribution in [0.15, 0.2) is 12.1 Å². The summed E-state index contributed by atoms with van der Waals surface area (Å²) in [6, 6.07) is 4.33. The number of hydrogen-bond acceptors (Lipinski definition) is 3. The molecule has 2 unspecified atom stereocenters. The van der Waals surface area contributed by atoms with E-state index in [1.165, 1.54) is 36.0 Å². The van der Waals surface area contributed by atoms with E-state index < -0.39 is 0 Å². The highest BCUT2D eigenvalue weighted by Crippen LogP contribution is 2.42. The Morgan fingerprint density at radius 1 is 1.30 bits per heavy atom. The molecule has 0 aliphatic carbocycles. The van der Waals surface area contributed by atoms with Crippen molar-refractivity contribution in [3.8, 4) is 0 Å². The Morgan fingerprint density at radius 3 is 2.95 bits per heavy atom. The molecule has 0 N–H and O–H groups in total. The molecule has 0 amide bonds. The van der Waals surface area contributed by atoms with Gasteiger partial charge < -0.3 is 9.47 Å². The zero-order chi connectivity index (χ0) is 14.1. The number of rotatable bonds is 4. The summed E-state index contributed by atoms with van der Waals surface area (Å²) in [4.78, 5) is 11.7. The van der Waals surface area contributed by atoms with E-state index >= 15 is 0 Å². The van der Waals surface area contributed by atoms with Crippen LogP contribution in [0.25, 0.3) is 0 Å². The number of benzene rings is 1. The van der Waals surface area contributed by atoms with E-state index in [0.717, 1.165) is 12.0 Å². The van der Waals surface area contributed by atoms with Crippen LogP contribution in [0.1, 0.15) is 67.1 Å². The first kappa shape index (κ1) is 13.6. The van der Waals surface area contributed by atoms with Crippen molar-refractivity contribution in [3.05, 3.63) is 34.4 Å². The Bertz CT molecular complexity index is 521. The van der Waals surface area contributed by atoms with Gasteiger partial charge in [-0.3, -0.25) is 4.79 Å². The largest absolute Gasteiger partial charge is 0.455 e. The summed E-state index contributed by atoms with van der Waals surface area (Å²) >= 11 is 0. The average Bonchev–Trinajstić information content (AvgIpc) is 2.40. The van der Waals surface area contributed by atoms with Crippen molar-refractivity contribution in [2.75, 3.05) is 6.61 Å². The molecule has 3 heteroatoms. The van der Waals surface area contributed by atoms with E-state index in [0.29, 0.717) is 13.0 Å². The fourth-order valence-corrected chi connectivity index (χ4v) is 3.35. The molecule has 1 aromatic rings. The van der Waals surface area contributed by atoms with Crippen molar-refractivity contribution in [1.82, 2.24) is 0 Å². The van der Waals surface area contributed by atoms with Crippen molar-refractivity contribution in [3.63, 3.8) is 0 Å². The van der Waals surface area contributed by atoms with Crippen LogP contribution in [0, 0.1) is 6.92 Å². The summed E-state index contributed by atoms with van der Waals surface area (Å²) in [5.41, 5.74) is 4.83. The zero-order valence-electron chi connectivity index (χ0n) is 12.3. The molecule has 2 atom stereocenters. The van der Waals surface area contributed by atoms with Gasteiger partial charge in [-0.2, -0.15) is 0 Å². The minimum Gasteiger partial charge on any atom is -0.455 e. The Morgan fingerprint density at radius 2 is 2.15 bits per heavy atom. The van der Waals surface area contributed by atoms with E-state index in [1.807, 2.05) is 0 Å².